The zero-order chi connectivity index (χ0) is 14.0. The minimum atomic E-state index is 0.488. The van der Waals surface area contributed by atoms with Crippen LogP contribution in [0.15, 0.2) is 0 Å². The monoisotopic (exact) mass is 264 g/mol. The molecule has 2 rings (SSSR count). The number of nitrogens with zero attached hydrogens (tertiary/aromatic N) is 5. The molecule has 2 atom stereocenters. The highest BCUT2D eigenvalue weighted by molar-refractivity contribution is 5.45. The molecule has 1 aliphatic heterocycles. The Labute approximate surface area is 115 Å². The predicted octanol–water partition coefficient (Wildman–Crippen LogP) is 1.60. The van der Waals surface area contributed by atoms with Gasteiger partial charge in [-0.25, -0.2) is 0 Å². The van der Waals surface area contributed by atoms with Crippen molar-refractivity contribution in [2.24, 2.45) is 5.92 Å². The van der Waals surface area contributed by atoms with Gasteiger partial charge in [-0.2, -0.15) is 15.0 Å². The van der Waals surface area contributed by atoms with E-state index in [1.54, 1.807) is 0 Å². The second kappa shape index (κ2) is 5.59. The lowest BCUT2D eigenvalue weighted by molar-refractivity contribution is 0.624. The molecule has 0 aliphatic carbocycles. The van der Waals surface area contributed by atoms with Crippen molar-refractivity contribution in [1.82, 2.24) is 15.0 Å². The van der Waals surface area contributed by atoms with E-state index in [-0.39, 0.29) is 0 Å². The highest BCUT2D eigenvalue weighted by Crippen LogP contribution is 2.27. The maximum atomic E-state index is 4.57. The molecule has 2 unspecified atom stereocenters. The first kappa shape index (κ1) is 13.8. The van der Waals surface area contributed by atoms with Crippen molar-refractivity contribution in [2.75, 3.05) is 42.3 Å². The topological polar surface area (TPSA) is 57.2 Å². The van der Waals surface area contributed by atoms with Crippen molar-refractivity contribution in [3.8, 4) is 0 Å². The molecular weight excluding hydrogens is 240 g/mol. The Morgan fingerprint density at radius 1 is 1.26 bits per heavy atom. The molecule has 0 bridgehead atoms. The van der Waals surface area contributed by atoms with E-state index in [1.165, 1.54) is 6.42 Å². The Morgan fingerprint density at radius 3 is 2.53 bits per heavy atom. The van der Waals surface area contributed by atoms with E-state index in [1.807, 2.05) is 25.9 Å². The molecule has 1 fully saturated rings. The zero-order valence-electron chi connectivity index (χ0n) is 12.5. The van der Waals surface area contributed by atoms with E-state index < -0.39 is 0 Å². The van der Waals surface area contributed by atoms with Gasteiger partial charge in [0.1, 0.15) is 0 Å². The molecule has 0 spiro atoms. The summed E-state index contributed by atoms with van der Waals surface area (Å²) in [5.74, 6) is 2.83. The number of hydrogen-bond acceptors (Lipinski definition) is 6. The van der Waals surface area contributed by atoms with Crippen molar-refractivity contribution in [3.63, 3.8) is 0 Å². The zero-order valence-corrected chi connectivity index (χ0v) is 12.5. The summed E-state index contributed by atoms with van der Waals surface area (Å²) in [5.41, 5.74) is 0. The summed E-state index contributed by atoms with van der Waals surface area (Å²) in [6, 6.07) is 0.488. The van der Waals surface area contributed by atoms with Crippen LogP contribution in [-0.2, 0) is 0 Å². The van der Waals surface area contributed by atoms with Gasteiger partial charge in [-0.15, -0.1) is 0 Å². The lowest BCUT2D eigenvalue weighted by Gasteiger charge is -2.23. The molecule has 0 radical (unpaired) electrons. The molecule has 6 heteroatoms. The van der Waals surface area contributed by atoms with E-state index in [0.717, 1.165) is 19.0 Å². The van der Waals surface area contributed by atoms with Crippen molar-refractivity contribution in [1.29, 1.82) is 0 Å². The summed E-state index contributed by atoms with van der Waals surface area (Å²) in [6.07, 6.45) is 1.19. The number of hydrogen-bond donors (Lipinski definition) is 1. The Hall–Kier alpha value is -1.59. The quantitative estimate of drug-likeness (QED) is 0.891. The second-order valence-electron chi connectivity index (χ2n) is 5.53. The maximum absolute atomic E-state index is 4.57. The van der Waals surface area contributed by atoms with Gasteiger partial charge in [0.15, 0.2) is 0 Å². The molecule has 2 heterocycles. The molecule has 0 aromatic carbocycles. The second-order valence-corrected chi connectivity index (χ2v) is 5.53. The third kappa shape index (κ3) is 3.05. The number of anilines is 3. The largest absolute Gasteiger partial charge is 0.354 e. The average Bonchev–Trinajstić information content (AvgIpc) is 2.68. The van der Waals surface area contributed by atoms with Crippen LogP contribution in [-0.4, -0.2) is 48.2 Å². The van der Waals surface area contributed by atoms with E-state index >= 15 is 0 Å². The van der Waals surface area contributed by atoms with Gasteiger partial charge in [0.05, 0.1) is 0 Å². The highest BCUT2D eigenvalue weighted by atomic mass is 15.4. The summed E-state index contributed by atoms with van der Waals surface area (Å²) < 4.78 is 0. The SMILES string of the molecule is CCNc1nc(N(C)C)nc(N2CC(C)CC2C)n1. The van der Waals surface area contributed by atoms with E-state index in [4.69, 9.17) is 0 Å². The molecule has 19 heavy (non-hydrogen) atoms. The number of aromatic nitrogens is 3. The molecule has 0 saturated carbocycles. The maximum Gasteiger partial charge on any atom is 0.232 e. The first-order valence-electron chi connectivity index (χ1n) is 6.95. The van der Waals surface area contributed by atoms with Crippen LogP contribution in [0.1, 0.15) is 27.2 Å². The van der Waals surface area contributed by atoms with Gasteiger partial charge in [0.2, 0.25) is 17.8 Å². The third-order valence-corrected chi connectivity index (χ3v) is 3.39. The number of rotatable bonds is 4. The molecule has 1 aliphatic rings. The van der Waals surface area contributed by atoms with Crippen LogP contribution in [0.2, 0.25) is 0 Å². The molecule has 1 saturated heterocycles. The molecule has 6 nitrogen and oxygen atoms in total. The fourth-order valence-electron chi connectivity index (χ4n) is 2.50. The lowest BCUT2D eigenvalue weighted by Crippen LogP contribution is -2.30. The molecule has 106 valence electrons. The van der Waals surface area contributed by atoms with Crippen molar-refractivity contribution in [3.05, 3.63) is 0 Å². The van der Waals surface area contributed by atoms with Crippen LogP contribution in [0.4, 0.5) is 17.8 Å². The van der Waals surface area contributed by atoms with Crippen molar-refractivity contribution < 1.29 is 0 Å². The smallest absolute Gasteiger partial charge is 0.232 e. The molecule has 1 aromatic rings. The number of nitrogens with one attached hydrogen (secondary N) is 1. The Kier molecular flexibility index (Phi) is 4.07. The fourth-order valence-corrected chi connectivity index (χ4v) is 2.50. The van der Waals surface area contributed by atoms with Crippen molar-refractivity contribution in [2.45, 2.75) is 33.2 Å². The standard InChI is InChI=1S/C13H24N6/c1-6-14-11-15-12(18(4)5)17-13(16-11)19-8-9(2)7-10(19)3/h9-10H,6-8H2,1-5H3,(H,14,15,16,17). The minimum Gasteiger partial charge on any atom is -0.354 e. The predicted molar refractivity (Wildman–Crippen MR) is 78.9 cm³/mol. The van der Waals surface area contributed by atoms with Crippen LogP contribution in [0.3, 0.4) is 0 Å². The van der Waals surface area contributed by atoms with Gasteiger partial charge in [0.25, 0.3) is 0 Å². The Balaban J connectivity index is 2.33. The minimum absolute atomic E-state index is 0.488. The summed E-state index contributed by atoms with van der Waals surface area (Å²) >= 11 is 0. The lowest BCUT2D eigenvalue weighted by atomic mass is 10.1. The van der Waals surface area contributed by atoms with Crippen LogP contribution in [0.25, 0.3) is 0 Å². The summed E-state index contributed by atoms with van der Waals surface area (Å²) in [7, 11) is 3.90. The van der Waals surface area contributed by atoms with Gasteiger partial charge in [-0.05, 0) is 26.2 Å². The van der Waals surface area contributed by atoms with Crippen LogP contribution >= 0.6 is 0 Å². The summed E-state index contributed by atoms with van der Waals surface area (Å²) in [6.45, 7) is 8.37. The molecule has 0 amide bonds. The highest BCUT2D eigenvalue weighted by Gasteiger charge is 2.28. The normalized spacial score (nSPS) is 22.7. The van der Waals surface area contributed by atoms with E-state index in [2.05, 4.69) is 39.0 Å². The van der Waals surface area contributed by atoms with Gasteiger partial charge >= 0.3 is 0 Å². The Morgan fingerprint density at radius 2 is 2.00 bits per heavy atom. The van der Waals surface area contributed by atoms with Gasteiger partial charge in [0, 0.05) is 33.2 Å². The van der Waals surface area contributed by atoms with Gasteiger partial charge in [-0.3, -0.25) is 0 Å². The summed E-state index contributed by atoms with van der Waals surface area (Å²) in [5, 5.41) is 3.18. The van der Waals surface area contributed by atoms with Crippen LogP contribution < -0.4 is 15.1 Å². The average molecular weight is 264 g/mol. The molecule has 1 N–H and O–H groups in total. The van der Waals surface area contributed by atoms with E-state index in [0.29, 0.717) is 23.9 Å². The van der Waals surface area contributed by atoms with Gasteiger partial charge < -0.3 is 15.1 Å². The first-order chi connectivity index (χ1) is 9.01. The third-order valence-electron chi connectivity index (χ3n) is 3.39. The molecule has 1 aromatic heterocycles. The fraction of sp³-hybridized carbons (Fsp3) is 0.769. The van der Waals surface area contributed by atoms with Crippen LogP contribution in [0.5, 0.6) is 0 Å². The first-order valence-corrected chi connectivity index (χ1v) is 6.95. The summed E-state index contributed by atoms with van der Waals surface area (Å²) in [4.78, 5) is 17.7. The van der Waals surface area contributed by atoms with Crippen LogP contribution in [0, 0.1) is 5.92 Å². The Bertz CT molecular complexity index is 433. The van der Waals surface area contributed by atoms with Crippen molar-refractivity contribution >= 4 is 17.8 Å². The van der Waals surface area contributed by atoms with E-state index in [9.17, 15) is 0 Å². The molecular formula is C13H24N6. The van der Waals surface area contributed by atoms with Gasteiger partial charge in [-0.1, -0.05) is 6.92 Å².